The van der Waals surface area contributed by atoms with Crippen molar-refractivity contribution in [3.8, 4) is 11.5 Å². The lowest BCUT2D eigenvalue weighted by atomic mass is 9.86. The first-order valence-corrected chi connectivity index (χ1v) is 15.9. The summed E-state index contributed by atoms with van der Waals surface area (Å²) in [6, 6.07) is 22.1. The average molecular weight is 464 g/mol. The van der Waals surface area contributed by atoms with Crippen molar-refractivity contribution < 1.29 is 4.74 Å². The molecule has 1 saturated carbocycles. The molecule has 0 amide bonds. The number of unbranched alkanes of at least 4 members (excludes halogenated alkanes) is 7. The zero-order chi connectivity index (χ0) is 23.0. The molecule has 0 aliphatic heterocycles. The molecule has 1 nitrogen and oxygen atoms in total. The van der Waals surface area contributed by atoms with Gasteiger partial charge in [-0.05, 0) is 30.2 Å². The van der Waals surface area contributed by atoms with Gasteiger partial charge < -0.3 is 4.74 Å². The van der Waals surface area contributed by atoms with E-state index < -0.39 is 8.80 Å². The molecule has 0 spiro atoms. The maximum absolute atomic E-state index is 6.03. The highest BCUT2D eigenvalue weighted by Gasteiger charge is 2.15. The fraction of sp³-hybridized carbons (Fsp3) is 0.613. The number of benzene rings is 2. The molecular weight excluding hydrogens is 416 g/mol. The molecule has 2 aromatic rings. The van der Waals surface area contributed by atoms with E-state index in [0.717, 1.165) is 17.4 Å². The first-order valence-electron chi connectivity index (χ1n) is 14.0. The second-order valence-electron chi connectivity index (χ2n) is 10.2. The van der Waals surface area contributed by atoms with Crippen molar-refractivity contribution >= 4 is 14.0 Å². The normalized spacial score (nSPS) is 14.6. The predicted molar refractivity (Wildman–Crippen MR) is 146 cm³/mol. The predicted octanol–water partition coefficient (Wildman–Crippen LogP) is 9.68. The quantitative estimate of drug-likeness (QED) is 0.178. The smallest absolute Gasteiger partial charge is 0.127 e. The van der Waals surface area contributed by atoms with Gasteiger partial charge in [0.05, 0.1) is 8.80 Å². The summed E-state index contributed by atoms with van der Waals surface area (Å²) in [6.07, 6.45) is 21.7. The highest BCUT2D eigenvalue weighted by Crippen LogP contribution is 2.28. The molecule has 33 heavy (non-hydrogen) atoms. The Morgan fingerprint density at radius 1 is 0.667 bits per heavy atom. The fourth-order valence-electron chi connectivity index (χ4n) is 5.34. The van der Waals surface area contributed by atoms with Gasteiger partial charge in [0, 0.05) is 0 Å². The molecule has 2 heteroatoms. The molecule has 0 N–H and O–H groups in total. The van der Waals surface area contributed by atoms with Gasteiger partial charge in [-0.2, -0.15) is 0 Å². The molecule has 1 fully saturated rings. The minimum atomic E-state index is -0.464. The van der Waals surface area contributed by atoms with Crippen LogP contribution >= 0.6 is 0 Å². The molecule has 0 atom stereocenters. The van der Waals surface area contributed by atoms with Crippen LogP contribution in [0.4, 0.5) is 0 Å². The van der Waals surface area contributed by atoms with E-state index in [1.54, 1.807) is 5.19 Å². The van der Waals surface area contributed by atoms with Crippen molar-refractivity contribution in [2.45, 2.75) is 115 Å². The third kappa shape index (κ3) is 10.5. The Morgan fingerprint density at radius 3 is 1.97 bits per heavy atom. The van der Waals surface area contributed by atoms with Crippen LogP contribution in [0.2, 0.25) is 12.1 Å². The van der Waals surface area contributed by atoms with Crippen LogP contribution in [0.1, 0.15) is 103 Å². The van der Waals surface area contributed by atoms with Gasteiger partial charge >= 0.3 is 0 Å². The number of para-hydroxylation sites is 1. The molecule has 1 radical (unpaired) electrons. The number of hydrogen-bond acceptors (Lipinski definition) is 1. The SMILES string of the molecule is CCCCCCCC[Si](CCCCCC1CCCCC1)c1ccc(Oc2ccccc2)cc1. The van der Waals surface area contributed by atoms with Gasteiger partial charge in [0.2, 0.25) is 0 Å². The monoisotopic (exact) mass is 463 g/mol. The van der Waals surface area contributed by atoms with Gasteiger partial charge in [-0.3, -0.25) is 0 Å². The summed E-state index contributed by atoms with van der Waals surface area (Å²) in [5.74, 6) is 2.92. The van der Waals surface area contributed by atoms with Crippen LogP contribution in [-0.4, -0.2) is 8.80 Å². The Labute approximate surface area is 206 Å². The lowest BCUT2D eigenvalue weighted by Gasteiger charge is -2.21. The largest absolute Gasteiger partial charge is 0.457 e. The third-order valence-electron chi connectivity index (χ3n) is 7.39. The van der Waals surface area contributed by atoms with Gasteiger partial charge in [0.1, 0.15) is 11.5 Å². The van der Waals surface area contributed by atoms with E-state index in [1.807, 2.05) is 30.3 Å². The molecule has 2 aromatic carbocycles. The van der Waals surface area contributed by atoms with Crippen molar-refractivity contribution in [3.05, 3.63) is 54.6 Å². The van der Waals surface area contributed by atoms with Crippen LogP contribution in [0, 0.1) is 5.92 Å². The van der Waals surface area contributed by atoms with Gasteiger partial charge in [-0.25, -0.2) is 0 Å². The van der Waals surface area contributed by atoms with Crippen molar-refractivity contribution in [1.29, 1.82) is 0 Å². The third-order valence-corrected chi connectivity index (χ3v) is 10.5. The Morgan fingerprint density at radius 2 is 1.27 bits per heavy atom. The number of ether oxygens (including phenoxy) is 1. The standard InChI is InChI=1S/C31H47OSi/c1-2-3-4-5-6-15-26-33(27-16-9-12-19-28-17-10-7-11-18-28)31-24-22-30(23-25-31)32-29-20-13-8-14-21-29/h8,13-14,20-25,28H,2-7,9-12,15-19,26-27H2,1H3. The average Bonchev–Trinajstić information content (AvgIpc) is 2.86. The Kier molecular flexibility index (Phi) is 12.8. The highest BCUT2D eigenvalue weighted by molar-refractivity contribution is 6.73. The lowest BCUT2D eigenvalue weighted by molar-refractivity contribution is 0.329. The zero-order valence-corrected chi connectivity index (χ0v) is 22.2. The van der Waals surface area contributed by atoms with Crippen LogP contribution in [0.15, 0.2) is 54.6 Å². The van der Waals surface area contributed by atoms with Gasteiger partial charge in [-0.1, -0.05) is 151 Å². The second-order valence-corrected chi connectivity index (χ2v) is 12.9. The Bertz CT molecular complexity index is 720. The molecule has 0 aromatic heterocycles. The van der Waals surface area contributed by atoms with Gasteiger partial charge in [0.15, 0.2) is 0 Å². The summed E-state index contributed by atoms with van der Waals surface area (Å²) in [6.45, 7) is 2.31. The maximum atomic E-state index is 6.03. The first kappa shape index (κ1) is 26.1. The molecule has 3 rings (SSSR count). The van der Waals surface area contributed by atoms with Crippen molar-refractivity contribution in [3.63, 3.8) is 0 Å². The Hall–Kier alpha value is -1.54. The van der Waals surface area contributed by atoms with E-state index >= 15 is 0 Å². The summed E-state index contributed by atoms with van der Waals surface area (Å²) in [5, 5.41) is 1.61. The minimum Gasteiger partial charge on any atom is -0.457 e. The van der Waals surface area contributed by atoms with Crippen LogP contribution in [0.5, 0.6) is 11.5 Å². The highest BCUT2D eigenvalue weighted by atomic mass is 28.3. The molecule has 1 aliphatic rings. The van der Waals surface area contributed by atoms with E-state index in [2.05, 4.69) is 31.2 Å². The summed E-state index contributed by atoms with van der Waals surface area (Å²) in [7, 11) is -0.464. The first-order chi connectivity index (χ1) is 16.3. The summed E-state index contributed by atoms with van der Waals surface area (Å²) >= 11 is 0. The summed E-state index contributed by atoms with van der Waals surface area (Å²) in [5.41, 5.74) is 0. The van der Waals surface area contributed by atoms with Crippen molar-refractivity contribution in [1.82, 2.24) is 0 Å². The topological polar surface area (TPSA) is 9.23 Å². The van der Waals surface area contributed by atoms with E-state index in [-0.39, 0.29) is 0 Å². The van der Waals surface area contributed by atoms with Crippen LogP contribution in [0.25, 0.3) is 0 Å². The maximum Gasteiger partial charge on any atom is 0.127 e. The number of rotatable bonds is 16. The zero-order valence-electron chi connectivity index (χ0n) is 21.2. The van der Waals surface area contributed by atoms with Gasteiger partial charge in [0.25, 0.3) is 0 Å². The molecule has 0 saturated heterocycles. The summed E-state index contributed by atoms with van der Waals surface area (Å²) < 4.78 is 6.03. The van der Waals surface area contributed by atoms with E-state index in [1.165, 1.54) is 108 Å². The van der Waals surface area contributed by atoms with E-state index in [9.17, 15) is 0 Å². The van der Waals surface area contributed by atoms with E-state index in [4.69, 9.17) is 4.74 Å². The molecule has 181 valence electrons. The number of hydrogen-bond donors (Lipinski definition) is 0. The second kappa shape index (κ2) is 16.1. The summed E-state index contributed by atoms with van der Waals surface area (Å²) in [4.78, 5) is 0. The Balaban J connectivity index is 1.46. The van der Waals surface area contributed by atoms with Gasteiger partial charge in [-0.15, -0.1) is 0 Å². The molecular formula is C31H47OSi. The van der Waals surface area contributed by atoms with Crippen molar-refractivity contribution in [2.75, 3.05) is 0 Å². The van der Waals surface area contributed by atoms with Crippen LogP contribution < -0.4 is 9.92 Å². The molecule has 0 unspecified atom stereocenters. The molecule has 0 heterocycles. The fourth-order valence-corrected chi connectivity index (χ4v) is 8.16. The van der Waals surface area contributed by atoms with Crippen LogP contribution in [0.3, 0.4) is 0 Å². The van der Waals surface area contributed by atoms with E-state index in [0.29, 0.717) is 0 Å². The lowest BCUT2D eigenvalue weighted by Crippen LogP contribution is -2.29. The molecule has 0 bridgehead atoms. The minimum absolute atomic E-state index is 0.464. The van der Waals surface area contributed by atoms with Crippen molar-refractivity contribution in [2.24, 2.45) is 5.92 Å². The van der Waals surface area contributed by atoms with Crippen LogP contribution in [-0.2, 0) is 0 Å². The molecule has 1 aliphatic carbocycles.